The Bertz CT molecular complexity index is 1130. The molecule has 11 heteroatoms. The number of nitriles is 1. The predicted octanol–water partition coefficient (Wildman–Crippen LogP) is 5.11. The largest absolute Gasteiger partial charge is 0.435 e. The van der Waals surface area contributed by atoms with E-state index in [0.717, 1.165) is 12.1 Å². The van der Waals surface area contributed by atoms with Crippen LogP contribution in [-0.2, 0) is 10.4 Å². The summed E-state index contributed by atoms with van der Waals surface area (Å²) in [6.45, 7) is 5.48. The van der Waals surface area contributed by atoms with Crippen molar-refractivity contribution >= 4 is 34.6 Å². The molecule has 0 spiro atoms. The van der Waals surface area contributed by atoms with Crippen molar-refractivity contribution in [2.24, 2.45) is 5.16 Å². The van der Waals surface area contributed by atoms with Gasteiger partial charge in [0.15, 0.2) is 5.70 Å². The van der Waals surface area contributed by atoms with Crippen LogP contribution in [0.15, 0.2) is 65.9 Å². The first-order valence-electron chi connectivity index (χ1n) is 8.78. The molecule has 0 amide bonds. The molecule has 1 aromatic heterocycles. The van der Waals surface area contributed by atoms with Gasteiger partial charge in [0.1, 0.15) is 11.6 Å². The number of oxime groups is 1. The maximum atomic E-state index is 14.1. The van der Waals surface area contributed by atoms with E-state index in [0.29, 0.717) is 5.70 Å². The summed E-state index contributed by atoms with van der Waals surface area (Å²) < 4.78 is 43.8. The minimum atomic E-state index is -4.82. The Morgan fingerprint density at radius 2 is 2.03 bits per heavy atom. The summed E-state index contributed by atoms with van der Waals surface area (Å²) >= 11 is 11.8. The lowest BCUT2D eigenvalue weighted by molar-refractivity contribution is -0.641. The lowest BCUT2D eigenvalue weighted by atomic mass is 9.86. The van der Waals surface area contributed by atoms with E-state index in [4.69, 9.17) is 28.0 Å². The van der Waals surface area contributed by atoms with Gasteiger partial charge in [0.2, 0.25) is 6.33 Å². The van der Waals surface area contributed by atoms with E-state index in [1.807, 2.05) is 6.07 Å². The smallest absolute Gasteiger partial charge is 0.374 e. The van der Waals surface area contributed by atoms with Crippen LogP contribution in [0, 0.1) is 11.3 Å². The van der Waals surface area contributed by atoms with Gasteiger partial charge in [0, 0.05) is 22.0 Å². The molecular formula is C20H15Cl2F3N5O+. The number of H-pyrrole nitrogens is 1. The lowest BCUT2D eigenvalue weighted by Gasteiger charge is -2.29. The summed E-state index contributed by atoms with van der Waals surface area (Å²) in [4.78, 5) is 8.82. The molecule has 160 valence electrons. The molecule has 1 unspecified atom stereocenters. The third kappa shape index (κ3) is 4.36. The zero-order chi connectivity index (χ0) is 22.8. The van der Waals surface area contributed by atoms with E-state index in [1.165, 1.54) is 29.5 Å². The first-order valence-corrected chi connectivity index (χ1v) is 9.53. The summed E-state index contributed by atoms with van der Waals surface area (Å²) in [6.07, 6.45) is 0.343. The number of nitrogens with one attached hydrogen (secondary N) is 1. The number of nitrogens with zero attached hydrogens (tertiary/aromatic N) is 4. The van der Waals surface area contributed by atoms with E-state index < -0.39 is 18.2 Å². The van der Waals surface area contributed by atoms with Gasteiger partial charge in [-0.2, -0.15) is 23.5 Å². The van der Waals surface area contributed by atoms with Crippen LogP contribution in [0.2, 0.25) is 10.0 Å². The quantitative estimate of drug-likeness (QED) is 0.376. The van der Waals surface area contributed by atoms with Crippen molar-refractivity contribution in [1.29, 1.82) is 5.26 Å². The molecular weight excluding hydrogens is 454 g/mol. The number of aromatic nitrogens is 3. The highest BCUT2D eigenvalue weighted by molar-refractivity contribution is 6.34. The third-order valence-electron chi connectivity index (χ3n) is 4.59. The maximum Gasteiger partial charge on any atom is 0.435 e. The van der Waals surface area contributed by atoms with Gasteiger partial charge in [-0.15, -0.1) is 4.68 Å². The minimum absolute atomic E-state index is 0.0305. The zero-order valence-corrected chi connectivity index (χ0v) is 17.6. The van der Waals surface area contributed by atoms with Crippen LogP contribution in [0.3, 0.4) is 0 Å². The topological polar surface area (TPSA) is 77.9 Å². The molecule has 1 atom stereocenters. The van der Waals surface area contributed by atoms with E-state index >= 15 is 0 Å². The van der Waals surface area contributed by atoms with Crippen LogP contribution in [0.1, 0.15) is 18.9 Å². The minimum Gasteiger partial charge on any atom is -0.374 e. The molecule has 1 aromatic carbocycles. The SMILES string of the molecule is C=C(C=C(C#N)C(=CC)[n+]1cnc[nH]1)C1=NOC(c2cc(Cl)cc(Cl)c2)(C(F)(F)F)C1. The van der Waals surface area contributed by atoms with E-state index in [2.05, 4.69) is 21.8 Å². The van der Waals surface area contributed by atoms with Gasteiger partial charge in [-0.05, 0) is 47.8 Å². The molecule has 0 saturated carbocycles. The van der Waals surface area contributed by atoms with Gasteiger partial charge in [-0.1, -0.05) is 34.9 Å². The Morgan fingerprint density at radius 1 is 1.35 bits per heavy atom. The van der Waals surface area contributed by atoms with Crippen molar-refractivity contribution in [3.63, 3.8) is 0 Å². The van der Waals surface area contributed by atoms with Crippen molar-refractivity contribution in [1.82, 2.24) is 10.1 Å². The van der Waals surface area contributed by atoms with Crippen LogP contribution in [-0.4, -0.2) is 22.0 Å². The fourth-order valence-corrected chi connectivity index (χ4v) is 3.59. The number of benzene rings is 1. The fourth-order valence-electron chi connectivity index (χ4n) is 3.07. The van der Waals surface area contributed by atoms with Gasteiger partial charge in [0.05, 0.1) is 5.71 Å². The van der Waals surface area contributed by atoms with Crippen molar-refractivity contribution in [2.75, 3.05) is 0 Å². The molecule has 0 saturated heterocycles. The lowest BCUT2D eigenvalue weighted by Crippen LogP contribution is -2.42. The Labute approximate surface area is 185 Å². The third-order valence-corrected chi connectivity index (χ3v) is 5.02. The Balaban J connectivity index is 1.95. The second-order valence-corrected chi connectivity index (χ2v) is 7.42. The van der Waals surface area contributed by atoms with Gasteiger partial charge >= 0.3 is 12.5 Å². The second-order valence-electron chi connectivity index (χ2n) is 6.55. The molecule has 0 aliphatic carbocycles. The highest BCUT2D eigenvalue weighted by Gasteiger charge is 2.62. The molecule has 31 heavy (non-hydrogen) atoms. The zero-order valence-electron chi connectivity index (χ0n) is 16.0. The maximum absolute atomic E-state index is 14.1. The van der Waals surface area contributed by atoms with Crippen LogP contribution in [0.25, 0.3) is 5.70 Å². The van der Waals surface area contributed by atoms with Crippen LogP contribution in [0.4, 0.5) is 13.2 Å². The van der Waals surface area contributed by atoms with Crippen molar-refractivity contribution in [3.05, 3.63) is 76.3 Å². The molecule has 6 nitrogen and oxygen atoms in total. The standard InChI is InChI=1S/C20H14Cl2F3N5O/c1-3-18(30-11-27-10-28-30)13(9-26)4-12(2)17-8-19(31-29-17,20(23,24)25)14-5-15(21)7-16(22)6-14/h3-7,10-11H,2,8H2,1H3/p+1. The Hall–Kier alpha value is -3.09. The number of hydrogen-bond donors (Lipinski definition) is 1. The van der Waals surface area contributed by atoms with Crippen LogP contribution in [0.5, 0.6) is 0 Å². The molecule has 1 aliphatic heterocycles. The number of hydrogen-bond acceptors (Lipinski definition) is 4. The number of rotatable bonds is 5. The van der Waals surface area contributed by atoms with Crippen LogP contribution >= 0.6 is 23.2 Å². The monoisotopic (exact) mass is 468 g/mol. The number of alkyl halides is 3. The molecule has 1 aliphatic rings. The molecule has 3 rings (SSSR count). The predicted molar refractivity (Wildman–Crippen MR) is 109 cm³/mol. The first kappa shape index (κ1) is 22.6. The number of halogens is 5. The highest BCUT2D eigenvalue weighted by atomic mass is 35.5. The Morgan fingerprint density at radius 3 is 2.55 bits per heavy atom. The molecule has 1 N–H and O–H groups in total. The Kier molecular flexibility index (Phi) is 6.25. The van der Waals surface area contributed by atoms with Crippen LogP contribution < -0.4 is 4.68 Å². The first-order chi connectivity index (χ1) is 14.6. The van der Waals surface area contributed by atoms with Gasteiger partial charge in [-0.25, -0.2) is 0 Å². The van der Waals surface area contributed by atoms with E-state index in [9.17, 15) is 18.4 Å². The van der Waals surface area contributed by atoms with Gasteiger partial charge in [-0.3, -0.25) is 0 Å². The average Bonchev–Trinajstić information content (AvgIpc) is 3.37. The number of aromatic amines is 1. The molecule has 0 fully saturated rings. The normalized spacial score (nSPS) is 19.6. The van der Waals surface area contributed by atoms with Crippen molar-refractivity contribution in [2.45, 2.75) is 25.1 Å². The number of allylic oxidation sites excluding steroid dienone is 5. The molecule has 0 bridgehead atoms. The summed E-state index contributed by atoms with van der Waals surface area (Å²) in [7, 11) is 0. The van der Waals surface area contributed by atoms with Crippen molar-refractivity contribution in [3.8, 4) is 6.07 Å². The van der Waals surface area contributed by atoms with Gasteiger partial charge in [0.25, 0.3) is 5.60 Å². The molecule has 2 aromatic rings. The highest BCUT2D eigenvalue weighted by Crippen LogP contribution is 2.49. The summed E-state index contributed by atoms with van der Waals surface area (Å²) in [5, 5.41) is 16.1. The second kappa shape index (κ2) is 8.57. The van der Waals surface area contributed by atoms with E-state index in [1.54, 1.807) is 13.0 Å². The van der Waals surface area contributed by atoms with Crippen molar-refractivity contribution < 1.29 is 22.7 Å². The summed E-state index contributed by atoms with van der Waals surface area (Å²) in [5.41, 5.74) is -2.46. The van der Waals surface area contributed by atoms with Gasteiger partial charge < -0.3 is 4.84 Å². The van der Waals surface area contributed by atoms with E-state index in [-0.39, 0.29) is 32.5 Å². The molecule has 0 radical (unpaired) electrons. The molecule has 2 heterocycles. The fraction of sp³-hybridized carbons (Fsp3) is 0.200. The summed E-state index contributed by atoms with van der Waals surface area (Å²) in [5.74, 6) is 0. The summed E-state index contributed by atoms with van der Waals surface area (Å²) in [6, 6.07) is 5.58. The average molecular weight is 469 g/mol.